The van der Waals surface area contributed by atoms with Crippen molar-refractivity contribution in [1.29, 1.82) is 0 Å². The SMILES string of the molecule is COC1CCCN(S(=O)(=O)CCCCO)C1. The van der Waals surface area contributed by atoms with Gasteiger partial charge in [-0.25, -0.2) is 8.42 Å². The first kappa shape index (κ1) is 13.9. The molecular formula is C10H21NO4S. The maximum Gasteiger partial charge on any atom is 0.214 e. The largest absolute Gasteiger partial charge is 0.396 e. The maximum absolute atomic E-state index is 11.9. The molecule has 0 aromatic heterocycles. The smallest absolute Gasteiger partial charge is 0.214 e. The van der Waals surface area contributed by atoms with Crippen molar-refractivity contribution in [3.8, 4) is 0 Å². The zero-order valence-corrected chi connectivity index (χ0v) is 10.6. The Morgan fingerprint density at radius 1 is 1.44 bits per heavy atom. The van der Waals surface area contributed by atoms with Crippen LogP contribution in [0.4, 0.5) is 0 Å². The predicted molar refractivity (Wildman–Crippen MR) is 61.7 cm³/mol. The second-order valence-corrected chi connectivity index (χ2v) is 6.19. The quantitative estimate of drug-likeness (QED) is 0.685. The lowest BCUT2D eigenvalue weighted by atomic mass is 10.1. The molecule has 0 spiro atoms. The van der Waals surface area contributed by atoms with Gasteiger partial charge in [-0.05, 0) is 25.7 Å². The molecule has 1 aliphatic heterocycles. The highest BCUT2D eigenvalue weighted by atomic mass is 32.2. The minimum Gasteiger partial charge on any atom is -0.396 e. The number of aliphatic hydroxyl groups excluding tert-OH is 1. The lowest BCUT2D eigenvalue weighted by molar-refractivity contribution is 0.0571. The number of rotatable bonds is 6. The first-order valence-corrected chi connectivity index (χ1v) is 7.32. The molecule has 0 radical (unpaired) electrons. The third-order valence-corrected chi connectivity index (χ3v) is 4.80. The van der Waals surface area contributed by atoms with Crippen LogP contribution in [0.25, 0.3) is 0 Å². The molecule has 16 heavy (non-hydrogen) atoms. The highest BCUT2D eigenvalue weighted by molar-refractivity contribution is 7.89. The van der Waals surface area contributed by atoms with E-state index in [0.29, 0.717) is 25.9 Å². The Labute approximate surface area is 97.4 Å². The fourth-order valence-corrected chi connectivity index (χ4v) is 3.50. The normalized spacial score (nSPS) is 23.5. The number of nitrogens with zero attached hydrogens (tertiary/aromatic N) is 1. The molecule has 1 aliphatic rings. The number of aliphatic hydroxyl groups is 1. The van der Waals surface area contributed by atoms with E-state index in [-0.39, 0.29) is 18.5 Å². The summed E-state index contributed by atoms with van der Waals surface area (Å²) in [5.41, 5.74) is 0. The van der Waals surface area contributed by atoms with Crippen LogP contribution in [0.2, 0.25) is 0 Å². The van der Waals surface area contributed by atoms with Crippen LogP contribution in [0.1, 0.15) is 25.7 Å². The van der Waals surface area contributed by atoms with Gasteiger partial charge in [0.05, 0.1) is 11.9 Å². The molecular weight excluding hydrogens is 230 g/mol. The minimum atomic E-state index is -3.16. The van der Waals surface area contributed by atoms with Crippen LogP contribution >= 0.6 is 0 Å². The number of unbranched alkanes of at least 4 members (excludes halogenated alkanes) is 1. The Balaban J connectivity index is 2.47. The molecule has 1 fully saturated rings. The van der Waals surface area contributed by atoms with Gasteiger partial charge in [0.15, 0.2) is 0 Å². The molecule has 1 N–H and O–H groups in total. The summed E-state index contributed by atoms with van der Waals surface area (Å²) >= 11 is 0. The topological polar surface area (TPSA) is 66.8 Å². The van der Waals surface area contributed by atoms with Crippen molar-refractivity contribution in [1.82, 2.24) is 4.31 Å². The summed E-state index contributed by atoms with van der Waals surface area (Å²) < 4.78 is 30.5. The van der Waals surface area contributed by atoms with Crippen molar-refractivity contribution in [2.75, 3.05) is 32.6 Å². The van der Waals surface area contributed by atoms with E-state index >= 15 is 0 Å². The molecule has 1 atom stereocenters. The van der Waals surface area contributed by atoms with Gasteiger partial charge in [-0.1, -0.05) is 0 Å². The zero-order chi connectivity index (χ0) is 12.0. The average Bonchev–Trinajstić information content (AvgIpc) is 2.29. The molecule has 0 amide bonds. The van der Waals surface area contributed by atoms with E-state index in [1.165, 1.54) is 4.31 Å². The second-order valence-electron chi connectivity index (χ2n) is 4.10. The number of methoxy groups -OCH3 is 1. The van der Waals surface area contributed by atoms with Gasteiger partial charge in [0.2, 0.25) is 10.0 Å². The first-order valence-electron chi connectivity index (χ1n) is 5.71. The average molecular weight is 251 g/mol. The fraction of sp³-hybridized carbons (Fsp3) is 1.00. The number of hydrogen-bond donors (Lipinski definition) is 1. The molecule has 5 nitrogen and oxygen atoms in total. The van der Waals surface area contributed by atoms with Gasteiger partial charge in [0.25, 0.3) is 0 Å². The van der Waals surface area contributed by atoms with Crippen molar-refractivity contribution in [2.24, 2.45) is 0 Å². The predicted octanol–water partition coefficient (Wildman–Crippen LogP) is 0.200. The van der Waals surface area contributed by atoms with Gasteiger partial charge >= 0.3 is 0 Å². The van der Waals surface area contributed by atoms with E-state index in [1.54, 1.807) is 7.11 Å². The van der Waals surface area contributed by atoms with Gasteiger partial charge in [0, 0.05) is 26.8 Å². The van der Waals surface area contributed by atoms with Crippen molar-refractivity contribution >= 4 is 10.0 Å². The second kappa shape index (κ2) is 6.54. The Bertz CT molecular complexity index is 291. The molecule has 0 bridgehead atoms. The highest BCUT2D eigenvalue weighted by Crippen LogP contribution is 2.16. The molecule has 1 unspecified atom stereocenters. The molecule has 0 aromatic rings. The van der Waals surface area contributed by atoms with E-state index in [1.807, 2.05) is 0 Å². The summed E-state index contributed by atoms with van der Waals surface area (Å²) in [5.74, 6) is 0.129. The van der Waals surface area contributed by atoms with Gasteiger partial charge < -0.3 is 9.84 Å². The molecule has 0 saturated carbocycles. The van der Waals surface area contributed by atoms with Crippen molar-refractivity contribution < 1.29 is 18.3 Å². The Morgan fingerprint density at radius 2 is 2.19 bits per heavy atom. The van der Waals surface area contributed by atoms with E-state index in [0.717, 1.165) is 12.8 Å². The number of piperidine rings is 1. The molecule has 6 heteroatoms. The highest BCUT2D eigenvalue weighted by Gasteiger charge is 2.28. The standard InChI is InChI=1S/C10H21NO4S/c1-15-10-5-4-6-11(9-10)16(13,14)8-3-2-7-12/h10,12H,2-9H2,1H3. The number of hydrogen-bond acceptors (Lipinski definition) is 4. The summed E-state index contributed by atoms with van der Waals surface area (Å²) in [6.45, 7) is 1.12. The van der Waals surface area contributed by atoms with Gasteiger partial charge in [0.1, 0.15) is 0 Å². The third kappa shape index (κ3) is 4.01. The summed E-state index contributed by atoms with van der Waals surface area (Å²) in [7, 11) is -1.54. The van der Waals surface area contributed by atoms with Gasteiger partial charge in [-0.3, -0.25) is 0 Å². The van der Waals surface area contributed by atoms with E-state index in [9.17, 15) is 8.42 Å². The Hall–Kier alpha value is -0.170. The number of ether oxygens (including phenoxy) is 1. The lowest BCUT2D eigenvalue weighted by Gasteiger charge is -2.31. The Morgan fingerprint density at radius 3 is 2.81 bits per heavy atom. The molecule has 0 aromatic carbocycles. The van der Waals surface area contributed by atoms with Crippen LogP contribution < -0.4 is 0 Å². The summed E-state index contributed by atoms with van der Waals surface area (Å²) in [6.07, 6.45) is 2.88. The maximum atomic E-state index is 11.9. The van der Waals surface area contributed by atoms with Crippen molar-refractivity contribution in [3.05, 3.63) is 0 Å². The molecule has 1 rings (SSSR count). The minimum absolute atomic E-state index is 0.0290. The molecule has 1 heterocycles. The number of sulfonamides is 1. The molecule has 0 aliphatic carbocycles. The Kier molecular flexibility index (Phi) is 5.68. The van der Waals surface area contributed by atoms with E-state index in [2.05, 4.69) is 0 Å². The third-order valence-electron chi connectivity index (χ3n) is 2.88. The van der Waals surface area contributed by atoms with Crippen molar-refractivity contribution in [2.45, 2.75) is 31.8 Å². The van der Waals surface area contributed by atoms with Crippen LogP contribution in [-0.2, 0) is 14.8 Å². The zero-order valence-electron chi connectivity index (χ0n) is 9.76. The first-order chi connectivity index (χ1) is 7.60. The van der Waals surface area contributed by atoms with Gasteiger partial charge in [-0.2, -0.15) is 4.31 Å². The van der Waals surface area contributed by atoms with Crippen molar-refractivity contribution in [3.63, 3.8) is 0 Å². The van der Waals surface area contributed by atoms with Crippen LogP contribution in [0, 0.1) is 0 Å². The monoisotopic (exact) mass is 251 g/mol. The molecule has 1 saturated heterocycles. The lowest BCUT2D eigenvalue weighted by Crippen LogP contribution is -2.43. The van der Waals surface area contributed by atoms with E-state index in [4.69, 9.17) is 9.84 Å². The fourth-order valence-electron chi connectivity index (χ4n) is 1.88. The van der Waals surface area contributed by atoms with Crippen LogP contribution in [0.5, 0.6) is 0 Å². The summed E-state index contributed by atoms with van der Waals surface area (Å²) in [4.78, 5) is 0. The van der Waals surface area contributed by atoms with Gasteiger partial charge in [-0.15, -0.1) is 0 Å². The molecule has 96 valence electrons. The van der Waals surface area contributed by atoms with Crippen LogP contribution in [0.3, 0.4) is 0 Å². The summed E-state index contributed by atoms with van der Waals surface area (Å²) in [5, 5.41) is 8.63. The van der Waals surface area contributed by atoms with E-state index < -0.39 is 10.0 Å². The van der Waals surface area contributed by atoms with Crippen LogP contribution in [0.15, 0.2) is 0 Å². The summed E-state index contributed by atoms with van der Waals surface area (Å²) in [6, 6.07) is 0. The van der Waals surface area contributed by atoms with Crippen LogP contribution in [-0.4, -0.2) is 56.5 Å².